The first-order valence-electron chi connectivity index (χ1n) is 7.10. The highest BCUT2D eigenvalue weighted by Gasteiger charge is 2.09. The summed E-state index contributed by atoms with van der Waals surface area (Å²) in [6, 6.07) is 2.19. The fourth-order valence-electron chi connectivity index (χ4n) is 2.03. The summed E-state index contributed by atoms with van der Waals surface area (Å²) in [7, 11) is 0. The van der Waals surface area contributed by atoms with Gasteiger partial charge in [0.05, 0.1) is 18.1 Å². The molecular formula is C15H22N4O. The Morgan fingerprint density at radius 2 is 2.05 bits per heavy atom. The van der Waals surface area contributed by atoms with Crippen LogP contribution < -0.4 is 5.32 Å². The number of carbonyl (C=O) groups is 1. The number of pyridine rings is 1. The highest BCUT2D eigenvalue weighted by Crippen LogP contribution is 2.19. The number of nitrogens with zero attached hydrogens (tertiary/aromatic N) is 3. The maximum atomic E-state index is 11.8. The molecule has 1 amide bonds. The summed E-state index contributed by atoms with van der Waals surface area (Å²) < 4.78 is 1.87. The Balaban J connectivity index is 2.10. The number of anilines is 1. The SMILES string of the molecule is CC(C)CCC(=O)Nc1cnc2c(cnn2C(C)C)c1. The zero-order valence-electron chi connectivity index (χ0n) is 12.6. The van der Waals surface area contributed by atoms with Crippen molar-refractivity contribution in [3.63, 3.8) is 0 Å². The molecule has 0 aliphatic heterocycles. The van der Waals surface area contributed by atoms with E-state index in [0.717, 1.165) is 23.1 Å². The fourth-order valence-corrected chi connectivity index (χ4v) is 2.03. The molecule has 0 aromatic carbocycles. The van der Waals surface area contributed by atoms with Crippen molar-refractivity contribution < 1.29 is 4.79 Å². The maximum absolute atomic E-state index is 11.8. The molecule has 5 heteroatoms. The number of rotatable bonds is 5. The lowest BCUT2D eigenvalue weighted by molar-refractivity contribution is -0.116. The van der Waals surface area contributed by atoms with Crippen LogP contribution in [-0.4, -0.2) is 20.7 Å². The third-order valence-electron chi connectivity index (χ3n) is 3.15. The number of nitrogens with one attached hydrogen (secondary N) is 1. The zero-order chi connectivity index (χ0) is 14.7. The van der Waals surface area contributed by atoms with E-state index < -0.39 is 0 Å². The number of amides is 1. The minimum absolute atomic E-state index is 0.0381. The molecule has 2 aromatic rings. The van der Waals surface area contributed by atoms with E-state index in [1.807, 2.05) is 10.7 Å². The van der Waals surface area contributed by atoms with Crippen LogP contribution in [0.15, 0.2) is 18.5 Å². The molecule has 2 aromatic heterocycles. The summed E-state index contributed by atoms with van der Waals surface area (Å²) >= 11 is 0. The standard InChI is InChI=1S/C15H22N4O/c1-10(2)5-6-14(20)18-13-7-12-8-17-19(11(3)4)15(12)16-9-13/h7-11H,5-6H2,1-4H3,(H,18,20). The van der Waals surface area contributed by atoms with Gasteiger partial charge in [0.25, 0.3) is 0 Å². The van der Waals surface area contributed by atoms with Gasteiger partial charge in [-0.05, 0) is 32.3 Å². The van der Waals surface area contributed by atoms with E-state index in [9.17, 15) is 4.79 Å². The van der Waals surface area contributed by atoms with Crippen LogP contribution in [0, 0.1) is 5.92 Å². The van der Waals surface area contributed by atoms with Crippen molar-refractivity contribution in [2.24, 2.45) is 5.92 Å². The van der Waals surface area contributed by atoms with Crippen molar-refractivity contribution in [3.05, 3.63) is 18.5 Å². The molecule has 0 bridgehead atoms. The summed E-state index contributed by atoms with van der Waals surface area (Å²) in [6.45, 7) is 8.35. The van der Waals surface area contributed by atoms with Crippen molar-refractivity contribution >= 4 is 22.6 Å². The molecule has 2 rings (SSSR count). The second kappa shape index (κ2) is 6.03. The van der Waals surface area contributed by atoms with Crippen LogP contribution in [0.2, 0.25) is 0 Å². The van der Waals surface area contributed by atoms with E-state index >= 15 is 0 Å². The minimum Gasteiger partial charge on any atom is -0.325 e. The molecule has 5 nitrogen and oxygen atoms in total. The molecule has 108 valence electrons. The van der Waals surface area contributed by atoms with E-state index in [1.165, 1.54) is 0 Å². The molecule has 1 N–H and O–H groups in total. The zero-order valence-corrected chi connectivity index (χ0v) is 12.6. The van der Waals surface area contributed by atoms with Crippen molar-refractivity contribution in [3.8, 4) is 0 Å². The van der Waals surface area contributed by atoms with E-state index in [0.29, 0.717) is 12.3 Å². The van der Waals surface area contributed by atoms with Crippen molar-refractivity contribution in [1.29, 1.82) is 0 Å². The molecule has 2 heterocycles. The van der Waals surface area contributed by atoms with Gasteiger partial charge in [0.1, 0.15) is 0 Å². The summed E-state index contributed by atoms with van der Waals surface area (Å²) in [4.78, 5) is 16.2. The molecule has 0 unspecified atom stereocenters. The number of aromatic nitrogens is 3. The molecule has 0 spiro atoms. The number of fused-ring (bicyclic) bond motifs is 1. The molecule has 0 aliphatic carbocycles. The number of carbonyl (C=O) groups excluding carboxylic acids is 1. The van der Waals surface area contributed by atoms with Crippen LogP contribution in [0.5, 0.6) is 0 Å². The first-order valence-corrected chi connectivity index (χ1v) is 7.10. The topological polar surface area (TPSA) is 59.8 Å². The van der Waals surface area contributed by atoms with E-state index in [2.05, 4.69) is 43.1 Å². The first-order chi connectivity index (χ1) is 9.47. The molecule has 0 saturated carbocycles. The molecule has 0 fully saturated rings. The Morgan fingerprint density at radius 3 is 2.70 bits per heavy atom. The van der Waals surface area contributed by atoms with Gasteiger partial charge in [0, 0.05) is 17.8 Å². The summed E-state index contributed by atoms with van der Waals surface area (Å²) in [5.74, 6) is 0.571. The van der Waals surface area contributed by atoms with E-state index in [-0.39, 0.29) is 11.9 Å². The predicted octanol–water partition coefficient (Wildman–Crippen LogP) is 3.39. The number of hydrogen-bond donors (Lipinski definition) is 1. The first kappa shape index (κ1) is 14.5. The van der Waals surface area contributed by atoms with Gasteiger partial charge in [0.15, 0.2) is 5.65 Å². The van der Waals surface area contributed by atoms with E-state index in [1.54, 1.807) is 12.4 Å². The van der Waals surface area contributed by atoms with Gasteiger partial charge in [-0.1, -0.05) is 13.8 Å². The van der Waals surface area contributed by atoms with Gasteiger partial charge in [-0.25, -0.2) is 9.67 Å². The predicted molar refractivity (Wildman–Crippen MR) is 80.6 cm³/mol. The van der Waals surface area contributed by atoms with E-state index in [4.69, 9.17) is 0 Å². The van der Waals surface area contributed by atoms with Crippen LogP contribution >= 0.6 is 0 Å². The number of hydrogen-bond acceptors (Lipinski definition) is 3. The quantitative estimate of drug-likeness (QED) is 0.909. The highest BCUT2D eigenvalue weighted by molar-refractivity contribution is 5.92. The van der Waals surface area contributed by atoms with Gasteiger partial charge in [0.2, 0.25) is 5.91 Å². The summed E-state index contributed by atoms with van der Waals surface area (Å²) in [5, 5.41) is 8.15. The smallest absolute Gasteiger partial charge is 0.224 e. The maximum Gasteiger partial charge on any atom is 0.224 e. The third kappa shape index (κ3) is 3.35. The normalized spacial score (nSPS) is 11.5. The Kier molecular flexibility index (Phi) is 4.37. The molecular weight excluding hydrogens is 252 g/mol. The summed E-state index contributed by atoms with van der Waals surface area (Å²) in [5.41, 5.74) is 1.58. The average molecular weight is 274 g/mol. The Bertz CT molecular complexity index is 601. The van der Waals surface area contributed by atoms with Gasteiger partial charge in [-0.3, -0.25) is 4.79 Å². The van der Waals surface area contributed by atoms with Crippen LogP contribution in [0.3, 0.4) is 0 Å². The Hall–Kier alpha value is -1.91. The second-order valence-electron chi connectivity index (χ2n) is 5.80. The molecule has 0 aliphatic rings. The molecule has 0 atom stereocenters. The lowest BCUT2D eigenvalue weighted by Gasteiger charge is -2.08. The fraction of sp³-hybridized carbons (Fsp3) is 0.533. The van der Waals surface area contributed by atoms with Crippen LogP contribution in [-0.2, 0) is 4.79 Å². The van der Waals surface area contributed by atoms with Gasteiger partial charge < -0.3 is 5.32 Å². The lowest BCUT2D eigenvalue weighted by Crippen LogP contribution is -2.12. The van der Waals surface area contributed by atoms with Crippen LogP contribution in [0.25, 0.3) is 11.0 Å². The molecule has 0 saturated heterocycles. The van der Waals surface area contributed by atoms with Gasteiger partial charge >= 0.3 is 0 Å². The Labute approximate surface area is 119 Å². The minimum atomic E-state index is 0.0381. The average Bonchev–Trinajstić information content (AvgIpc) is 2.79. The second-order valence-corrected chi connectivity index (χ2v) is 5.80. The van der Waals surface area contributed by atoms with Gasteiger partial charge in [-0.2, -0.15) is 5.10 Å². The summed E-state index contributed by atoms with van der Waals surface area (Å²) in [6.07, 6.45) is 4.91. The molecule has 0 radical (unpaired) electrons. The lowest BCUT2D eigenvalue weighted by atomic mass is 10.1. The third-order valence-corrected chi connectivity index (χ3v) is 3.15. The van der Waals surface area contributed by atoms with Gasteiger partial charge in [-0.15, -0.1) is 0 Å². The van der Waals surface area contributed by atoms with Crippen molar-refractivity contribution in [1.82, 2.24) is 14.8 Å². The highest BCUT2D eigenvalue weighted by atomic mass is 16.1. The Morgan fingerprint density at radius 1 is 1.30 bits per heavy atom. The van der Waals surface area contributed by atoms with Crippen LogP contribution in [0.4, 0.5) is 5.69 Å². The monoisotopic (exact) mass is 274 g/mol. The van der Waals surface area contributed by atoms with Crippen molar-refractivity contribution in [2.45, 2.75) is 46.6 Å². The molecule has 20 heavy (non-hydrogen) atoms. The largest absolute Gasteiger partial charge is 0.325 e. The van der Waals surface area contributed by atoms with Crippen molar-refractivity contribution in [2.75, 3.05) is 5.32 Å². The van der Waals surface area contributed by atoms with Crippen LogP contribution in [0.1, 0.15) is 46.6 Å².